The number of nitrogens with two attached hydrogens (primary N) is 1. The van der Waals surface area contributed by atoms with Gasteiger partial charge in [-0.2, -0.15) is 0 Å². The van der Waals surface area contributed by atoms with E-state index in [2.05, 4.69) is 20.4 Å². The average Bonchev–Trinajstić information content (AvgIpc) is 3.30. The summed E-state index contributed by atoms with van der Waals surface area (Å²) >= 11 is 0.977. The Kier molecular flexibility index (Phi) is 6.55. The van der Waals surface area contributed by atoms with Crippen molar-refractivity contribution in [2.24, 2.45) is 5.73 Å². The minimum atomic E-state index is -4.86. The maximum Gasteiger partial charge on any atom is 0.573 e. The SMILES string of the molecule is CN1c2ccc(C(=O)O)cc2NC1(Nc1nc2ccc(OC(F)(F)F)cc2s1)C(OCCO)C(N)=O. The minimum Gasteiger partial charge on any atom is -0.478 e. The van der Waals surface area contributed by atoms with Crippen molar-refractivity contribution in [1.82, 2.24) is 4.98 Å². The number of halogens is 3. The number of nitrogens with zero attached hydrogens (tertiary/aromatic N) is 2. The molecule has 3 aromatic rings. The molecule has 15 heteroatoms. The molecule has 1 amide bonds. The minimum absolute atomic E-state index is 0.0190. The first-order valence-corrected chi connectivity index (χ1v) is 11.1. The Hall–Kier alpha value is -3.82. The van der Waals surface area contributed by atoms with Gasteiger partial charge in [-0.1, -0.05) is 11.3 Å². The number of rotatable bonds is 9. The van der Waals surface area contributed by atoms with Gasteiger partial charge in [-0.05, 0) is 30.3 Å². The summed E-state index contributed by atoms with van der Waals surface area (Å²) in [6.07, 6.45) is -6.30. The number of hydrogen-bond donors (Lipinski definition) is 5. The number of primary amides is 1. The third-order valence-electron chi connectivity index (χ3n) is 5.36. The fourth-order valence-corrected chi connectivity index (χ4v) is 4.81. The Balaban J connectivity index is 1.76. The molecule has 2 aromatic carbocycles. The third-order valence-corrected chi connectivity index (χ3v) is 6.30. The second kappa shape index (κ2) is 9.33. The van der Waals surface area contributed by atoms with Gasteiger partial charge in [0, 0.05) is 13.1 Å². The number of amides is 1. The Morgan fingerprint density at radius 2 is 2.06 bits per heavy atom. The molecule has 2 atom stereocenters. The fraction of sp³-hybridized carbons (Fsp3) is 0.286. The van der Waals surface area contributed by atoms with Crippen LogP contribution in [-0.4, -0.2) is 65.6 Å². The highest BCUT2D eigenvalue weighted by Crippen LogP contribution is 2.43. The van der Waals surface area contributed by atoms with Crippen LogP contribution in [0.5, 0.6) is 5.75 Å². The van der Waals surface area contributed by atoms with Crippen LogP contribution in [0.15, 0.2) is 36.4 Å². The van der Waals surface area contributed by atoms with Crippen LogP contribution in [0.1, 0.15) is 10.4 Å². The van der Waals surface area contributed by atoms with Crippen molar-refractivity contribution >= 4 is 49.9 Å². The van der Waals surface area contributed by atoms with Crippen LogP contribution in [-0.2, 0) is 9.53 Å². The van der Waals surface area contributed by atoms with E-state index in [9.17, 15) is 33.0 Å². The van der Waals surface area contributed by atoms with Crippen LogP contribution >= 0.6 is 11.3 Å². The summed E-state index contributed by atoms with van der Waals surface area (Å²) in [5, 5.41) is 24.9. The molecule has 0 bridgehead atoms. The van der Waals surface area contributed by atoms with E-state index >= 15 is 0 Å². The number of carbonyl (C=O) groups excluding carboxylic acids is 1. The maximum absolute atomic E-state index is 12.6. The molecule has 11 nitrogen and oxygen atoms in total. The summed E-state index contributed by atoms with van der Waals surface area (Å²) in [6, 6.07) is 7.90. The van der Waals surface area contributed by atoms with Crippen molar-refractivity contribution in [2.75, 3.05) is 35.8 Å². The number of aliphatic hydroxyl groups is 1. The number of aromatic carboxylic acids is 1. The largest absolute Gasteiger partial charge is 0.573 e. The van der Waals surface area contributed by atoms with Crippen molar-refractivity contribution in [1.29, 1.82) is 0 Å². The molecule has 0 spiro atoms. The van der Waals surface area contributed by atoms with Gasteiger partial charge < -0.3 is 41.0 Å². The Bertz CT molecular complexity index is 1320. The van der Waals surface area contributed by atoms with E-state index in [0.29, 0.717) is 21.6 Å². The van der Waals surface area contributed by atoms with Crippen molar-refractivity contribution in [2.45, 2.75) is 18.3 Å². The molecule has 0 saturated carbocycles. The highest BCUT2D eigenvalue weighted by atomic mass is 32.1. The number of benzene rings is 2. The van der Waals surface area contributed by atoms with Crippen LogP contribution in [0, 0.1) is 0 Å². The lowest BCUT2D eigenvalue weighted by atomic mass is 10.1. The summed E-state index contributed by atoms with van der Waals surface area (Å²) < 4.78 is 47.7. The van der Waals surface area contributed by atoms with Crippen molar-refractivity contribution in [3.05, 3.63) is 42.0 Å². The number of thiazole rings is 1. The molecule has 0 saturated heterocycles. The number of carbonyl (C=O) groups is 2. The van der Waals surface area contributed by atoms with E-state index in [-0.39, 0.29) is 17.3 Å². The quantitative estimate of drug-likeness (QED) is 0.280. The van der Waals surface area contributed by atoms with E-state index in [1.54, 1.807) is 11.9 Å². The predicted molar refractivity (Wildman–Crippen MR) is 124 cm³/mol. The van der Waals surface area contributed by atoms with Gasteiger partial charge in [0.1, 0.15) is 5.75 Å². The number of aromatic nitrogens is 1. The zero-order valence-corrected chi connectivity index (χ0v) is 19.3. The van der Waals surface area contributed by atoms with Gasteiger partial charge >= 0.3 is 12.3 Å². The number of aliphatic hydroxyl groups excluding tert-OH is 1. The standard InChI is InChI=1S/C21H20F3N5O6S/c1-29-14-5-2-10(18(32)33)8-13(14)27-20(29,16(17(25)31)34-7-6-30)28-19-26-12-4-3-11(9-15(12)36-19)35-21(22,23)24/h2-5,8-9,16,27,30H,6-7H2,1H3,(H2,25,31)(H,26,28)(H,32,33). The van der Waals surface area contributed by atoms with Crippen LogP contribution < -0.4 is 26.0 Å². The molecular weight excluding hydrogens is 507 g/mol. The Morgan fingerprint density at radius 3 is 2.69 bits per heavy atom. The number of likely N-dealkylation sites (N-methyl/N-ethyl adjacent to an activating group) is 1. The molecule has 4 rings (SSSR count). The molecule has 0 aliphatic carbocycles. The Labute approximate surface area is 205 Å². The van der Waals surface area contributed by atoms with E-state index < -0.39 is 42.5 Å². The first kappa shape index (κ1) is 25.3. The molecular formula is C21H20F3N5O6S. The summed E-state index contributed by atoms with van der Waals surface area (Å²) in [6.45, 7) is -0.663. The van der Waals surface area contributed by atoms with Crippen LogP contribution in [0.2, 0.25) is 0 Å². The molecule has 6 N–H and O–H groups in total. The second-order valence-corrected chi connectivity index (χ2v) is 8.72. The highest BCUT2D eigenvalue weighted by molar-refractivity contribution is 7.22. The van der Waals surface area contributed by atoms with E-state index in [1.165, 1.54) is 30.3 Å². The van der Waals surface area contributed by atoms with Crippen molar-refractivity contribution in [3.63, 3.8) is 0 Å². The molecule has 0 fully saturated rings. The summed E-state index contributed by atoms with van der Waals surface area (Å²) in [5.41, 5.74) is 6.80. The third kappa shape index (κ3) is 4.80. The number of carboxylic acid groups (broad SMARTS) is 1. The lowest BCUT2D eigenvalue weighted by Gasteiger charge is -2.42. The zero-order valence-electron chi connectivity index (χ0n) is 18.5. The zero-order chi connectivity index (χ0) is 26.3. The van der Waals surface area contributed by atoms with Gasteiger partial charge in [-0.15, -0.1) is 13.2 Å². The van der Waals surface area contributed by atoms with Gasteiger partial charge in [-0.3, -0.25) is 4.79 Å². The van der Waals surface area contributed by atoms with Gasteiger partial charge in [0.05, 0.1) is 40.4 Å². The van der Waals surface area contributed by atoms with Crippen LogP contribution in [0.4, 0.5) is 29.7 Å². The first-order valence-electron chi connectivity index (χ1n) is 10.3. The maximum atomic E-state index is 12.6. The van der Waals surface area contributed by atoms with Gasteiger partial charge in [0.2, 0.25) is 5.79 Å². The number of ether oxygens (including phenoxy) is 2. The van der Waals surface area contributed by atoms with Gasteiger partial charge in [-0.25, -0.2) is 9.78 Å². The molecule has 0 radical (unpaired) electrons. The van der Waals surface area contributed by atoms with Crippen LogP contribution in [0.3, 0.4) is 0 Å². The highest BCUT2D eigenvalue weighted by Gasteiger charge is 2.52. The predicted octanol–water partition coefficient (Wildman–Crippen LogP) is 2.38. The second-order valence-electron chi connectivity index (χ2n) is 7.69. The van der Waals surface area contributed by atoms with Crippen molar-refractivity contribution in [3.8, 4) is 5.75 Å². The number of alkyl halides is 3. The molecule has 2 unspecified atom stereocenters. The van der Waals surface area contributed by atoms with Gasteiger partial charge in [0.15, 0.2) is 11.2 Å². The lowest BCUT2D eigenvalue weighted by molar-refractivity contribution is -0.274. The number of carboxylic acids is 1. The van der Waals surface area contributed by atoms with E-state index in [0.717, 1.165) is 17.4 Å². The molecule has 36 heavy (non-hydrogen) atoms. The summed E-state index contributed by atoms with van der Waals surface area (Å²) in [5.74, 6) is -4.15. The van der Waals surface area contributed by atoms with Gasteiger partial charge in [0.25, 0.3) is 5.91 Å². The molecule has 2 heterocycles. The number of anilines is 3. The summed E-state index contributed by atoms with van der Waals surface area (Å²) in [4.78, 5) is 29.9. The molecule has 1 aromatic heterocycles. The number of hydrogen-bond acceptors (Lipinski definition) is 10. The summed E-state index contributed by atoms with van der Waals surface area (Å²) in [7, 11) is 1.59. The first-order chi connectivity index (χ1) is 16.9. The normalized spacial score (nSPS) is 18.0. The number of fused-ring (bicyclic) bond motifs is 2. The fourth-order valence-electron chi connectivity index (χ4n) is 3.86. The average molecular weight is 527 g/mol. The van der Waals surface area contributed by atoms with E-state index in [4.69, 9.17) is 10.5 Å². The lowest BCUT2D eigenvalue weighted by Crippen LogP contribution is -2.67. The smallest absolute Gasteiger partial charge is 0.478 e. The molecule has 1 aliphatic heterocycles. The molecule has 192 valence electrons. The van der Waals surface area contributed by atoms with Crippen LogP contribution in [0.25, 0.3) is 10.2 Å². The topological polar surface area (TPSA) is 159 Å². The van der Waals surface area contributed by atoms with E-state index in [1.807, 2.05) is 0 Å². The number of nitrogens with one attached hydrogen (secondary N) is 2. The van der Waals surface area contributed by atoms with Crippen molar-refractivity contribution < 1.29 is 42.4 Å². The monoisotopic (exact) mass is 527 g/mol. The molecule has 1 aliphatic rings. The Morgan fingerprint density at radius 1 is 1.31 bits per heavy atom.